The molecule has 2 atom stereocenters. The van der Waals surface area contributed by atoms with Gasteiger partial charge in [-0.25, -0.2) is 0 Å². The van der Waals surface area contributed by atoms with Gasteiger partial charge in [0, 0.05) is 39.6 Å². The van der Waals surface area contributed by atoms with Crippen LogP contribution in [0.25, 0.3) is 0 Å². The fraction of sp³-hybridized carbons (Fsp3) is 0.597. The fourth-order valence-corrected chi connectivity index (χ4v) is 3.94. The summed E-state index contributed by atoms with van der Waals surface area (Å²) in [5, 5.41) is 10.9. The van der Waals surface area contributed by atoms with E-state index in [-0.39, 0.29) is 48.4 Å². The zero-order chi connectivity index (χ0) is 78.6. The average molecular weight is 1370 g/mol. The predicted molar refractivity (Wildman–Crippen MR) is 410 cm³/mol. The molecule has 1 saturated heterocycles. The van der Waals surface area contributed by atoms with E-state index in [0.717, 1.165) is 62.6 Å². The van der Waals surface area contributed by atoms with Crippen LogP contribution in [0.2, 0.25) is 0 Å². The molecule has 94 heavy (non-hydrogen) atoms. The molecule has 1 aliphatic heterocycles. The van der Waals surface area contributed by atoms with Gasteiger partial charge in [0.1, 0.15) is 80.0 Å². The number of piperidine rings is 1. The topological polar surface area (TPSA) is 557 Å². The molecule has 1 fully saturated rings. The van der Waals surface area contributed by atoms with Gasteiger partial charge in [0.05, 0.1) is 0 Å². The van der Waals surface area contributed by atoms with E-state index in [0.29, 0.717) is 6.42 Å². The Hall–Kier alpha value is -7.15. The zero-order valence-electron chi connectivity index (χ0n) is 65.2. The van der Waals surface area contributed by atoms with E-state index >= 15 is 0 Å². The van der Waals surface area contributed by atoms with Crippen LogP contribution in [0.1, 0.15) is 175 Å². The van der Waals surface area contributed by atoms with E-state index in [1.165, 1.54) is 71.7 Å². The molecule has 0 aromatic heterocycles. The van der Waals surface area contributed by atoms with E-state index in [9.17, 15) is 14.4 Å². The number of allylic oxidation sites excluding steroid dienone is 1. The minimum absolute atomic E-state index is 0. The van der Waals surface area contributed by atoms with Crippen molar-refractivity contribution in [2.24, 2.45) is 46.2 Å². The van der Waals surface area contributed by atoms with Crippen molar-refractivity contribution in [3.05, 3.63) is 83.9 Å². The average Bonchev–Trinajstić information content (AvgIpc) is 3.23. The molecule has 0 radical (unpaired) electrons. The number of aliphatic hydroxyl groups is 1. The summed E-state index contributed by atoms with van der Waals surface area (Å²) in [5.41, 5.74) is 30.6. The third-order valence-corrected chi connectivity index (χ3v) is 7.61. The van der Waals surface area contributed by atoms with Gasteiger partial charge in [0.25, 0.3) is 0 Å². The number of hydrogen-bond acceptors (Lipinski definition) is 24. The molecule has 576 valence electrons. The Bertz CT molecular complexity index is 1350. The van der Waals surface area contributed by atoms with E-state index in [1.807, 2.05) is 158 Å². The van der Waals surface area contributed by atoms with Crippen LogP contribution in [0, 0.1) is 11.8 Å². The number of nitrogens with two attached hydrogens (primary N) is 6. The first-order valence-electron chi connectivity index (χ1n) is 28.9. The Morgan fingerprint density at radius 1 is 0.489 bits per heavy atom. The number of benzene rings is 2. The van der Waals surface area contributed by atoms with Gasteiger partial charge in [-0.1, -0.05) is 170 Å². The van der Waals surface area contributed by atoms with Crippen LogP contribution in [0.4, 0.5) is 0 Å². The van der Waals surface area contributed by atoms with Gasteiger partial charge < -0.3 is 127 Å². The summed E-state index contributed by atoms with van der Waals surface area (Å²) >= 11 is 0. The highest BCUT2D eigenvalue weighted by molar-refractivity contribution is 5.91. The molecule has 0 unspecified atom stereocenters. The van der Waals surface area contributed by atoms with Gasteiger partial charge in [-0.05, 0) is 125 Å². The first-order chi connectivity index (χ1) is 43.3. The number of rotatable bonds is 9. The highest BCUT2D eigenvalue weighted by Crippen LogP contribution is 2.12. The van der Waals surface area contributed by atoms with Gasteiger partial charge >= 0.3 is 0 Å². The van der Waals surface area contributed by atoms with Gasteiger partial charge in [-0.2, -0.15) is 0 Å². The van der Waals surface area contributed by atoms with Gasteiger partial charge in [-0.15, -0.1) is 6.58 Å². The highest BCUT2D eigenvalue weighted by atomic mass is 16.3. The molecule has 0 spiro atoms. The number of aliphatic hydroxyl groups excluding tert-OH is 1. The Morgan fingerprint density at radius 3 is 0.872 bits per heavy atom. The molecule has 1 aliphatic rings. The van der Waals surface area contributed by atoms with Crippen LogP contribution in [0.15, 0.2) is 72.8 Å². The second-order valence-corrected chi connectivity index (χ2v) is 14.7. The van der Waals surface area contributed by atoms with Crippen molar-refractivity contribution in [2.75, 3.05) is 62.4 Å². The number of likely N-dealkylation sites (N-methyl/N-ethyl adjacent to an activating group) is 1. The van der Waals surface area contributed by atoms with Crippen molar-refractivity contribution in [3.63, 3.8) is 0 Å². The molecule has 0 aliphatic carbocycles. The van der Waals surface area contributed by atoms with Crippen LogP contribution in [0.3, 0.4) is 0 Å². The lowest BCUT2D eigenvalue weighted by Crippen LogP contribution is -2.54. The Kier molecular flexibility index (Phi) is 423. The van der Waals surface area contributed by atoms with E-state index in [1.54, 1.807) is 27.8 Å². The summed E-state index contributed by atoms with van der Waals surface area (Å²) in [5.74, 6) is 1.18. The molecule has 1 heterocycles. The Balaban J connectivity index is -0.0000000242. The number of carbonyl (C=O) groups excluding carboxylic acids is 13. The van der Waals surface area contributed by atoms with Crippen LogP contribution >= 0.6 is 0 Å². The van der Waals surface area contributed by atoms with Gasteiger partial charge in [0.2, 0.25) is 17.7 Å². The summed E-state index contributed by atoms with van der Waals surface area (Å²) in [6.07, 6.45) is 6.97. The maximum Gasteiger partial charge on any atom is 0.244 e. The van der Waals surface area contributed by atoms with Gasteiger partial charge in [0.15, 0.2) is 0 Å². The fourth-order valence-electron chi connectivity index (χ4n) is 3.94. The van der Waals surface area contributed by atoms with Crippen LogP contribution in [0.5, 0.6) is 0 Å². The summed E-state index contributed by atoms with van der Waals surface area (Å²) in [4.78, 5) is 120. The maximum atomic E-state index is 12.8. The standard InChI is InChI=1S/C20H29N3O3.C8H10.C5H12.C5H10.C4H10.C3H8O.3C2H6.6CH5N.10CH2O.4H3N/c1-15(20(26)23-12-8-5-9-13-23)21-19(25)18(22(3)16(2)24)14-17-10-6-4-7-11-17;1-2-8-6-4-3-5-7-8;2*1-4-5(2)3;1-4(2)3;1-3(2)4;19*1-2;;;;/h4,6-7,10-11,15,18H,5,8-9,12-14H2,1-3H3,(H,21,25);3-7H,2H2,1H3;5H,4H2,1-3H3;2,4H2,1,3H3;4H,1-3H3;3-4H,1-2H3;3*1-2H3;6*2H2,1H3;10*1H2;4*1H3/t15-,18-;;;;;;;;;;;;;;;;;;;;;;;;;;;;/m0............................/s1. The number of nitrogens with zero attached hydrogens (tertiary/aromatic N) is 2. The summed E-state index contributed by atoms with van der Waals surface area (Å²) in [7, 11) is 10.6. The monoisotopic (exact) mass is 1370 g/mol. The summed E-state index contributed by atoms with van der Waals surface area (Å²) in [6.45, 7) is 63.2. The normalized spacial score (nSPS) is 8.02. The molecular weight excluding hydrogens is 1210 g/mol. The van der Waals surface area contributed by atoms with Crippen molar-refractivity contribution in [3.8, 4) is 0 Å². The van der Waals surface area contributed by atoms with Crippen molar-refractivity contribution in [1.82, 2.24) is 39.7 Å². The zero-order valence-corrected chi connectivity index (χ0v) is 65.2. The summed E-state index contributed by atoms with van der Waals surface area (Å²) < 4.78 is 0. The molecule has 2 aromatic rings. The number of amides is 3. The predicted octanol–water partition coefficient (Wildman–Crippen LogP) is 9.24. The molecule has 2 aromatic carbocycles. The molecule has 0 saturated carbocycles. The Morgan fingerprint density at radius 2 is 0.702 bits per heavy atom. The largest absolute Gasteiger partial charge is 0.394 e. The third kappa shape index (κ3) is 231. The number of likely N-dealkylation sites (tertiary alicyclic amines) is 1. The van der Waals surface area contributed by atoms with Crippen LogP contribution in [-0.4, -0.2) is 181 Å². The Labute approximate surface area is 578 Å². The smallest absolute Gasteiger partial charge is 0.244 e. The van der Waals surface area contributed by atoms with Crippen molar-refractivity contribution in [2.45, 2.75) is 195 Å². The quantitative estimate of drug-likeness (QED) is 0.104. The molecule has 26 N–H and O–H groups in total. The van der Waals surface area contributed by atoms with Crippen LogP contribution < -0.4 is 64.3 Å². The number of hydrogen-bond donors (Lipinski definition) is 12. The van der Waals surface area contributed by atoms with Crippen molar-refractivity contribution >= 4 is 85.6 Å². The number of carbonyl (C=O) groups is 13. The first kappa shape index (κ1) is 173. The SMILES string of the molecule is C=C(C)CC.C=O.C=O.C=O.C=O.C=O.C=O.C=O.C=O.C=O.C=O.CC.CC.CC.CC(=O)N(C)[C@@H](Cc1ccccc1)C(=O)N[C@@H](C)C(=O)N1CCCCC1.CC(C)C.CC(C)O.CCC(C)C.CCc1ccccc1.CN.CN.CN.CN.CN.CN.N.N.N.N. The van der Waals surface area contributed by atoms with Crippen molar-refractivity contribution in [1.29, 1.82) is 0 Å². The minimum Gasteiger partial charge on any atom is -0.394 e. The molecular formula is C67H159N13O14. The number of nitrogens with one attached hydrogen (secondary N) is 1. The van der Waals surface area contributed by atoms with Crippen molar-refractivity contribution < 1.29 is 67.4 Å². The molecule has 0 bridgehead atoms. The van der Waals surface area contributed by atoms with E-state index in [2.05, 4.69) is 126 Å². The lowest BCUT2D eigenvalue weighted by Gasteiger charge is -2.31. The highest BCUT2D eigenvalue weighted by Gasteiger charge is 2.29. The molecule has 3 rings (SSSR count). The molecule has 27 heteroatoms. The second-order valence-electron chi connectivity index (χ2n) is 14.7. The second kappa shape index (κ2) is 230. The van der Waals surface area contributed by atoms with Crippen LogP contribution in [-0.2, 0) is 75.2 Å². The number of aryl methyl sites for hydroxylation is 1. The first-order valence-corrected chi connectivity index (χ1v) is 28.9. The molecule has 27 nitrogen and oxygen atoms in total. The minimum atomic E-state index is -0.647. The lowest BCUT2D eigenvalue weighted by atomic mass is 10.0. The molecule has 3 amide bonds. The summed E-state index contributed by atoms with van der Waals surface area (Å²) in [6, 6.07) is 18.8. The van der Waals surface area contributed by atoms with Gasteiger partial charge in [-0.3, -0.25) is 14.4 Å². The van der Waals surface area contributed by atoms with E-state index in [4.69, 9.17) is 53.1 Å². The lowest BCUT2D eigenvalue weighted by molar-refractivity contribution is -0.140. The van der Waals surface area contributed by atoms with E-state index < -0.39 is 12.1 Å². The maximum absolute atomic E-state index is 12.8. The third-order valence-electron chi connectivity index (χ3n) is 7.61.